The number of anilines is 1. The monoisotopic (exact) mass is 407 g/mol. The first-order valence-corrected chi connectivity index (χ1v) is 9.60. The number of hydrogen-bond donors (Lipinski definition) is 1. The maximum absolute atomic E-state index is 12.8. The van der Waals surface area contributed by atoms with Gasteiger partial charge in [0.1, 0.15) is 11.3 Å². The Balaban J connectivity index is 1.75. The van der Waals surface area contributed by atoms with Gasteiger partial charge in [0.25, 0.3) is 5.91 Å². The number of esters is 1. The molecule has 0 aliphatic heterocycles. The van der Waals surface area contributed by atoms with Gasteiger partial charge >= 0.3 is 5.97 Å². The number of nitrogens with one attached hydrogen (secondary N) is 1. The summed E-state index contributed by atoms with van der Waals surface area (Å²) in [4.78, 5) is 25.4. The Bertz CT molecular complexity index is 1070. The van der Waals surface area contributed by atoms with E-state index < -0.39 is 18.0 Å². The molecule has 0 fully saturated rings. The summed E-state index contributed by atoms with van der Waals surface area (Å²) in [5.41, 5.74) is 3.87. The Kier molecular flexibility index (Phi) is 6.20. The van der Waals surface area contributed by atoms with Crippen LogP contribution in [0.5, 0.6) is 5.75 Å². The molecule has 1 atom stereocenters. The standard InChI is InChI=1S/C23H25N3O4/c1-14-11-12-20(29-5)19(13-14)24-22(27)17(4)30-23(28)21-15(2)25-26(16(21)3)18-9-7-6-8-10-18/h6-13,17H,1-5H3,(H,24,27)/t17-/m1/s1. The van der Waals surface area contributed by atoms with Gasteiger partial charge in [0.05, 0.1) is 29.9 Å². The van der Waals surface area contributed by atoms with Crippen molar-refractivity contribution in [2.75, 3.05) is 12.4 Å². The van der Waals surface area contributed by atoms with E-state index in [-0.39, 0.29) is 0 Å². The Morgan fingerprint density at radius 2 is 1.77 bits per heavy atom. The molecule has 0 aliphatic carbocycles. The third-order valence-corrected chi connectivity index (χ3v) is 4.76. The third kappa shape index (κ3) is 4.35. The first-order chi connectivity index (χ1) is 14.3. The molecule has 0 aliphatic rings. The van der Waals surface area contributed by atoms with Gasteiger partial charge in [-0.25, -0.2) is 9.48 Å². The highest BCUT2D eigenvalue weighted by molar-refractivity contribution is 5.99. The van der Waals surface area contributed by atoms with Gasteiger partial charge in [-0.3, -0.25) is 4.79 Å². The average Bonchev–Trinajstić information content (AvgIpc) is 3.02. The molecular weight excluding hydrogens is 382 g/mol. The number of hydrogen-bond acceptors (Lipinski definition) is 5. The zero-order valence-corrected chi connectivity index (χ0v) is 17.7. The molecular formula is C23H25N3O4. The SMILES string of the molecule is COc1ccc(C)cc1NC(=O)[C@@H](C)OC(=O)c1c(C)nn(-c2ccccc2)c1C. The topological polar surface area (TPSA) is 82.4 Å². The molecule has 30 heavy (non-hydrogen) atoms. The molecule has 0 bridgehead atoms. The van der Waals surface area contributed by atoms with Crippen molar-refractivity contribution in [3.8, 4) is 11.4 Å². The van der Waals surface area contributed by atoms with Crippen LogP contribution in [0.3, 0.4) is 0 Å². The van der Waals surface area contributed by atoms with E-state index in [1.807, 2.05) is 43.3 Å². The van der Waals surface area contributed by atoms with Crippen LogP contribution in [0.1, 0.15) is 34.2 Å². The molecule has 0 saturated carbocycles. The molecule has 1 amide bonds. The summed E-state index contributed by atoms with van der Waals surface area (Å²) < 4.78 is 12.4. The molecule has 0 spiro atoms. The van der Waals surface area contributed by atoms with Gasteiger partial charge in [0.2, 0.25) is 0 Å². The lowest BCUT2D eigenvalue weighted by Crippen LogP contribution is -2.30. The highest BCUT2D eigenvalue weighted by atomic mass is 16.5. The summed E-state index contributed by atoms with van der Waals surface area (Å²) in [7, 11) is 1.53. The molecule has 1 aromatic heterocycles. The highest BCUT2D eigenvalue weighted by Gasteiger charge is 2.25. The molecule has 1 N–H and O–H groups in total. The van der Waals surface area contributed by atoms with E-state index in [1.165, 1.54) is 14.0 Å². The maximum Gasteiger partial charge on any atom is 0.342 e. The van der Waals surface area contributed by atoms with Gasteiger partial charge in [0, 0.05) is 0 Å². The van der Waals surface area contributed by atoms with Crippen molar-refractivity contribution < 1.29 is 19.1 Å². The number of ether oxygens (including phenoxy) is 2. The van der Waals surface area contributed by atoms with Gasteiger partial charge in [-0.15, -0.1) is 0 Å². The second-order valence-corrected chi connectivity index (χ2v) is 7.03. The van der Waals surface area contributed by atoms with E-state index in [0.717, 1.165) is 11.3 Å². The molecule has 7 nitrogen and oxygen atoms in total. The van der Waals surface area contributed by atoms with Crippen LogP contribution < -0.4 is 10.1 Å². The van der Waals surface area contributed by atoms with Crippen LogP contribution in [0.4, 0.5) is 5.69 Å². The van der Waals surface area contributed by atoms with Gasteiger partial charge in [0.15, 0.2) is 6.10 Å². The second kappa shape index (κ2) is 8.82. The van der Waals surface area contributed by atoms with Crippen LogP contribution in [-0.4, -0.2) is 34.9 Å². The zero-order chi connectivity index (χ0) is 21.8. The van der Waals surface area contributed by atoms with E-state index in [2.05, 4.69) is 10.4 Å². The first kappa shape index (κ1) is 21.1. The van der Waals surface area contributed by atoms with Crippen LogP contribution in [0, 0.1) is 20.8 Å². The minimum atomic E-state index is -0.999. The summed E-state index contributed by atoms with van der Waals surface area (Å²) in [5, 5.41) is 7.21. The average molecular weight is 407 g/mol. The van der Waals surface area contributed by atoms with Crippen LogP contribution in [0.2, 0.25) is 0 Å². The van der Waals surface area contributed by atoms with E-state index in [9.17, 15) is 9.59 Å². The number of rotatable bonds is 6. The Labute approximate surface area is 175 Å². The first-order valence-electron chi connectivity index (χ1n) is 9.60. The van der Waals surface area contributed by atoms with Crippen molar-refractivity contribution >= 4 is 17.6 Å². The molecule has 0 unspecified atom stereocenters. The number of methoxy groups -OCH3 is 1. The number of para-hydroxylation sites is 1. The Morgan fingerprint density at radius 1 is 1.07 bits per heavy atom. The Morgan fingerprint density at radius 3 is 2.43 bits per heavy atom. The van der Waals surface area contributed by atoms with Crippen LogP contribution in [0.25, 0.3) is 5.69 Å². The number of carbonyl (C=O) groups excluding carboxylic acids is 2. The normalized spacial score (nSPS) is 11.6. The number of amides is 1. The van der Waals surface area contributed by atoms with Crippen molar-refractivity contribution in [2.24, 2.45) is 0 Å². The third-order valence-electron chi connectivity index (χ3n) is 4.76. The smallest absolute Gasteiger partial charge is 0.342 e. The number of aryl methyl sites for hydroxylation is 2. The van der Waals surface area contributed by atoms with Crippen LogP contribution >= 0.6 is 0 Å². The van der Waals surface area contributed by atoms with Crippen molar-refractivity contribution in [1.29, 1.82) is 0 Å². The summed E-state index contributed by atoms with van der Waals surface area (Å²) in [6.07, 6.45) is -0.999. The predicted octanol–water partition coefficient (Wildman–Crippen LogP) is 3.99. The summed E-state index contributed by atoms with van der Waals surface area (Å²) in [6, 6.07) is 15.0. The van der Waals surface area contributed by atoms with Crippen molar-refractivity contribution in [2.45, 2.75) is 33.8 Å². The molecule has 3 aromatic rings. The quantitative estimate of drug-likeness (QED) is 0.625. The molecule has 0 radical (unpaired) electrons. The number of carbonyl (C=O) groups is 2. The fourth-order valence-electron chi connectivity index (χ4n) is 3.19. The summed E-state index contributed by atoms with van der Waals surface area (Å²) in [6.45, 7) is 6.98. The lowest BCUT2D eigenvalue weighted by molar-refractivity contribution is -0.123. The molecule has 156 valence electrons. The molecule has 2 aromatic carbocycles. The number of nitrogens with zero attached hydrogens (tertiary/aromatic N) is 2. The Hall–Kier alpha value is -3.61. The highest BCUT2D eigenvalue weighted by Crippen LogP contribution is 2.26. The van der Waals surface area contributed by atoms with Gasteiger partial charge in [-0.1, -0.05) is 24.3 Å². The minimum Gasteiger partial charge on any atom is -0.495 e. The van der Waals surface area contributed by atoms with Crippen molar-refractivity contribution in [3.05, 3.63) is 71.0 Å². The van der Waals surface area contributed by atoms with Crippen LogP contribution in [0.15, 0.2) is 48.5 Å². The summed E-state index contributed by atoms with van der Waals surface area (Å²) in [5.74, 6) is -0.507. The van der Waals surface area contributed by atoms with E-state index in [0.29, 0.717) is 28.4 Å². The van der Waals surface area contributed by atoms with E-state index in [1.54, 1.807) is 30.7 Å². The van der Waals surface area contributed by atoms with Crippen molar-refractivity contribution in [1.82, 2.24) is 9.78 Å². The van der Waals surface area contributed by atoms with Crippen molar-refractivity contribution in [3.63, 3.8) is 0 Å². The zero-order valence-electron chi connectivity index (χ0n) is 17.7. The van der Waals surface area contributed by atoms with E-state index >= 15 is 0 Å². The second-order valence-electron chi connectivity index (χ2n) is 7.03. The minimum absolute atomic E-state index is 0.353. The lowest BCUT2D eigenvalue weighted by atomic mass is 10.2. The number of aromatic nitrogens is 2. The van der Waals surface area contributed by atoms with Gasteiger partial charge < -0.3 is 14.8 Å². The van der Waals surface area contributed by atoms with Gasteiger partial charge in [-0.2, -0.15) is 5.10 Å². The molecule has 7 heteroatoms. The molecule has 0 saturated heterocycles. The predicted molar refractivity (Wildman–Crippen MR) is 114 cm³/mol. The fourth-order valence-corrected chi connectivity index (χ4v) is 3.19. The van der Waals surface area contributed by atoms with Crippen LogP contribution in [-0.2, 0) is 9.53 Å². The fraction of sp³-hybridized carbons (Fsp3) is 0.261. The largest absolute Gasteiger partial charge is 0.495 e. The van der Waals surface area contributed by atoms with Gasteiger partial charge in [-0.05, 0) is 57.5 Å². The molecule has 1 heterocycles. The summed E-state index contributed by atoms with van der Waals surface area (Å²) >= 11 is 0. The maximum atomic E-state index is 12.8. The van der Waals surface area contributed by atoms with E-state index in [4.69, 9.17) is 9.47 Å². The molecule has 3 rings (SSSR count). The lowest BCUT2D eigenvalue weighted by Gasteiger charge is -2.16. The number of benzene rings is 2.